The molecule has 1 amide bonds. The molecule has 25 heavy (non-hydrogen) atoms. The number of amides is 1. The highest BCUT2D eigenvalue weighted by Crippen LogP contribution is 2.25. The first-order valence-corrected chi connectivity index (χ1v) is 8.29. The van der Waals surface area contributed by atoms with Crippen LogP contribution >= 0.6 is 15.9 Å². The lowest BCUT2D eigenvalue weighted by molar-refractivity contribution is 0.0280. The van der Waals surface area contributed by atoms with Crippen molar-refractivity contribution in [1.29, 1.82) is 0 Å². The molecule has 0 aliphatic rings. The van der Waals surface area contributed by atoms with Crippen LogP contribution in [-0.4, -0.2) is 38.4 Å². The Labute approximate surface area is 152 Å². The number of halogens is 3. The smallest absolute Gasteiger partial charge is 0.410 e. The summed E-state index contributed by atoms with van der Waals surface area (Å²) in [4.78, 5) is 17.6. The van der Waals surface area contributed by atoms with Gasteiger partial charge in [-0.1, -0.05) is 0 Å². The van der Waals surface area contributed by atoms with Gasteiger partial charge in [0.2, 0.25) is 0 Å². The van der Waals surface area contributed by atoms with Gasteiger partial charge in [-0.25, -0.2) is 23.2 Å². The molecule has 0 unspecified atom stereocenters. The van der Waals surface area contributed by atoms with Crippen LogP contribution in [0, 0.1) is 18.6 Å². The third-order valence-corrected chi connectivity index (χ3v) is 3.83. The number of aryl methyl sites for hydroxylation is 1. The number of hydrogen-bond donors (Lipinski definition) is 0. The van der Waals surface area contributed by atoms with E-state index >= 15 is 0 Å². The summed E-state index contributed by atoms with van der Waals surface area (Å²) in [6.45, 7) is 6.97. The monoisotopic (exact) mass is 416 g/mol. The van der Waals surface area contributed by atoms with Crippen molar-refractivity contribution in [2.75, 3.05) is 7.05 Å². The molecule has 6 nitrogen and oxygen atoms in total. The van der Waals surface area contributed by atoms with Gasteiger partial charge in [0.1, 0.15) is 22.9 Å². The summed E-state index contributed by atoms with van der Waals surface area (Å²) in [7, 11) is 1.54. The van der Waals surface area contributed by atoms with Gasteiger partial charge in [0.05, 0.1) is 11.0 Å². The minimum Gasteiger partial charge on any atom is -0.444 e. The van der Waals surface area contributed by atoms with Crippen LogP contribution in [-0.2, 0) is 11.3 Å². The van der Waals surface area contributed by atoms with Crippen LogP contribution < -0.4 is 0 Å². The van der Waals surface area contributed by atoms with Crippen molar-refractivity contribution in [2.24, 2.45) is 0 Å². The predicted molar refractivity (Wildman–Crippen MR) is 91.4 cm³/mol. The van der Waals surface area contributed by atoms with Crippen LogP contribution in [0.25, 0.3) is 5.69 Å². The number of rotatable bonds is 3. The highest BCUT2D eigenvalue weighted by molar-refractivity contribution is 9.10. The van der Waals surface area contributed by atoms with Crippen molar-refractivity contribution in [1.82, 2.24) is 19.7 Å². The average Bonchev–Trinajstić information content (AvgIpc) is 2.83. The molecule has 0 aliphatic carbocycles. The molecule has 1 heterocycles. The maximum atomic E-state index is 14.4. The summed E-state index contributed by atoms with van der Waals surface area (Å²) in [5.74, 6) is -0.799. The first-order chi connectivity index (χ1) is 11.5. The van der Waals surface area contributed by atoms with Crippen LogP contribution in [0.1, 0.15) is 32.4 Å². The molecule has 1 aromatic carbocycles. The Kier molecular flexibility index (Phi) is 5.46. The van der Waals surface area contributed by atoms with Crippen LogP contribution in [0.2, 0.25) is 0 Å². The zero-order valence-electron chi connectivity index (χ0n) is 14.6. The fourth-order valence-corrected chi connectivity index (χ4v) is 2.39. The Balaban J connectivity index is 2.33. The standard InChI is InChI=1S/C16H19BrF2N4O2/c1-9-20-12(8-22(5)15(24)25-16(2,3)4)23(21-9)11-7-6-10(18)13(17)14(11)19/h6-7H,8H2,1-5H3. The van der Waals surface area contributed by atoms with Crippen molar-refractivity contribution < 1.29 is 18.3 Å². The highest BCUT2D eigenvalue weighted by atomic mass is 79.9. The molecule has 0 atom stereocenters. The predicted octanol–water partition coefficient (Wildman–Crippen LogP) is 3.98. The van der Waals surface area contributed by atoms with Gasteiger partial charge in [-0.3, -0.25) is 0 Å². The molecule has 2 aromatic rings. The summed E-state index contributed by atoms with van der Waals surface area (Å²) >= 11 is 2.87. The number of benzene rings is 1. The third-order valence-electron chi connectivity index (χ3n) is 3.11. The largest absolute Gasteiger partial charge is 0.444 e. The van der Waals surface area contributed by atoms with E-state index in [2.05, 4.69) is 26.0 Å². The second-order valence-electron chi connectivity index (χ2n) is 6.52. The summed E-state index contributed by atoms with van der Waals surface area (Å²) in [5.41, 5.74) is -0.607. The van der Waals surface area contributed by atoms with Crippen molar-refractivity contribution in [3.63, 3.8) is 0 Å². The molecular formula is C16H19BrF2N4O2. The maximum absolute atomic E-state index is 14.4. The van der Waals surface area contributed by atoms with Gasteiger partial charge in [0, 0.05) is 7.05 Å². The molecule has 0 spiro atoms. The van der Waals surface area contributed by atoms with E-state index in [4.69, 9.17) is 4.74 Å². The third kappa shape index (κ3) is 4.53. The highest BCUT2D eigenvalue weighted by Gasteiger charge is 2.23. The zero-order valence-corrected chi connectivity index (χ0v) is 16.2. The van der Waals surface area contributed by atoms with E-state index in [1.807, 2.05) is 0 Å². The van der Waals surface area contributed by atoms with E-state index in [1.165, 1.54) is 15.6 Å². The first kappa shape index (κ1) is 19.3. The Morgan fingerprint density at radius 2 is 2.00 bits per heavy atom. The molecule has 9 heteroatoms. The quantitative estimate of drug-likeness (QED) is 0.709. The number of hydrogen-bond acceptors (Lipinski definition) is 4. The lowest BCUT2D eigenvalue weighted by Gasteiger charge is -2.24. The van der Waals surface area contributed by atoms with E-state index in [9.17, 15) is 13.6 Å². The molecule has 0 N–H and O–H groups in total. The van der Waals surface area contributed by atoms with Crippen LogP contribution in [0.5, 0.6) is 0 Å². The minimum absolute atomic E-state index is 0.0291. The average molecular weight is 417 g/mol. The number of aromatic nitrogens is 3. The van der Waals surface area contributed by atoms with Gasteiger partial charge >= 0.3 is 6.09 Å². The van der Waals surface area contributed by atoms with E-state index in [0.717, 1.165) is 6.07 Å². The van der Waals surface area contributed by atoms with Gasteiger partial charge in [-0.05, 0) is 55.8 Å². The van der Waals surface area contributed by atoms with E-state index in [1.54, 1.807) is 34.7 Å². The Hall–Kier alpha value is -2.03. The molecule has 0 radical (unpaired) electrons. The number of nitrogens with zero attached hydrogens (tertiary/aromatic N) is 4. The number of carbonyl (C=O) groups excluding carboxylic acids is 1. The van der Waals surface area contributed by atoms with Gasteiger partial charge in [-0.2, -0.15) is 5.10 Å². The first-order valence-electron chi connectivity index (χ1n) is 7.50. The van der Waals surface area contributed by atoms with E-state index < -0.39 is 23.3 Å². The summed E-state index contributed by atoms with van der Waals surface area (Å²) in [6.07, 6.45) is -0.541. The molecule has 0 saturated heterocycles. The summed E-state index contributed by atoms with van der Waals surface area (Å²) in [5, 5.41) is 4.14. The zero-order chi connectivity index (χ0) is 18.9. The maximum Gasteiger partial charge on any atom is 0.410 e. The second kappa shape index (κ2) is 7.07. The molecule has 0 bridgehead atoms. The lowest BCUT2D eigenvalue weighted by Crippen LogP contribution is -2.34. The Morgan fingerprint density at radius 1 is 1.36 bits per heavy atom. The van der Waals surface area contributed by atoms with Crippen molar-refractivity contribution in [3.8, 4) is 5.69 Å². The normalized spacial score (nSPS) is 11.5. The molecule has 136 valence electrons. The molecular weight excluding hydrogens is 398 g/mol. The topological polar surface area (TPSA) is 60.3 Å². The van der Waals surface area contributed by atoms with Gasteiger partial charge in [0.25, 0.3) is 0 Å². The van der Waals surface area contributed by atoms with Gasteiger partial charge in [-0.15, -0.1) is 0 Å². The second-order valence-corrected chi connectivity index (χ2v) is 7.31. The van der Waals surface area contributed by atoms with Crippen molar-refractivity contribution in [3.05, 3.63) is 39.9 Å². The van der Waals surface area contributed by atoms with Gasteiger partial charge < -0.3 is 9.64 Å². The molecule has 0 aliphatic heterocycles. The fraction of sp³-hybridized carbons (Fsp3) is 0.438. The molecule has 2 rings (SSSR count). The SMILES string of the molecule is Cc1nc(CN(C)C(=O)OC(C)(C)C)n(-c2ccc(F)c(Br)c2F)n1. The number of ether oxygens (including phenoxy) is 1. The molecule has 0 fully saturated rings. The lowest BCUT2D eigenvalue weighted by atomic mass is 10.2. The van der Waals surface area contributed by atoms with Crippen molar-refractivity contribution >= 4 is 22.0 Å². The minimum atomic E-state index is -0.800. The summed E-state index contributed by atoms with van der Waals surface area (Å²) in [6, 6.07) is 2.39. The Bertz CT molecular complexity index is 802. The Morgan fingerprint density at radius 3 is 2.60 bits per heavy atom. The van der Waals surface area contributed by atoms with Crippen LogP contribution in [0.4, 0.5) is 13.6 Å². The van der Waals surface area contributed by atoms with Gasteiger partial charge in [0.15, 0.2) is 11.6 Å². The molecule has 0 saturated carbocycles. The van der Waals surface area contributed by atoms with Crippen LogP contribution in [0.3, 0.4) is 0 Å². The summed E-state index contributed by atoms with van der Waals surface area (Å²) < 4.78 is 34.1. The van der Waals surface area contributed by atoms with E-state index in [-0.39, 0.29) is 16.7 Å². The van der Waals surface area contributed by atoms with Crippen molar-refractivity contribution in [2.45, 2.75) is 39.8 Å². The number of carbonyl (C=O) groups is 1. The fourth-order valence-electron chi connectivity index (χ4n) is 2.05. The molecule has 1 aromatic heterocycles. The van der Waals surface area contributed by atoms with E-state index in [0.29, 0.717) is 11.6 Å². The van der Waals surface area contributed by atoms with Crippen LogP contribution in [0.15, 0.2) is 16.6 Å².